The van der Waals surface area contributed by atoms with Gasteiger partial charge in [-0.3, -0.25) is 9.59 Å². The number of nitrogens with zero attached hydrogens (tertiary/aromatic N) is 3. The Morgan fingerprint density at radius 3 is 2.35 bits per heavy atom. The minimum atomic E-state index is -0.331. The first-order valence-electron chi connectivity index (χ1n) is 9.69. The van der Waals surface area contributed by atoms with Crippen molar-refractivity contribution in [1.82, 2.24) is 20.1 Å². The van der Waals surface area contributed by atoms with Crippen LogP contribution >= 0.6 is 46.6 Å². The third-order valence-electron chi connectivity index (χ3n) is 4.58. The Kier molecular flexibility index (Phi) is 8.90. The maximum Gasteiger partial charge on any atom is 0.251 e. The van der Waals surface area contributed by atoms with E-state index in [0.717, 1.165) is 0 Å². The van der Waals surface area contributed by atoms with Gasteiger partial charge in [-0.25, -0.2) is 0 Å². The predicted octanol–water partition coefficient (Wildman–Crippen LogP) is 4.45. The molecule has 180 valence electrons. The first-order chi connectivity index (χ1) is 16.2. The monoisotopic (exact) mass is 543 g/mol. The van der Waals surface area contributed by atoms with Crippen LogP contribution in [0.5, 0.6) is 11.5 Å². The SMILES string of the molecule is COc1ccc(C(=O)NCc2nnc(SCC(=O)Nc3c(Cl)cc(Cl)cc3Cl)n2C)cc1OC. The maximum atomic E-state index is 12.5. The van der Waals surface area contributed by atoms with Crippen molar-refractivity contribution in [3.05, 3.63) is 56.8 Å². The highest BCUT2D eigenvalue weighted by molar-refractivity contribution is 7.99. The lowest BCUT2D eigenvalue weighted by atomic mass is 10.2. The number of benzene rings is 2. The molecule has 0 radical (unpaired) electrons. The number of anilines is 1. The van der Waals surface area contributed by atoms with Crippen LogP contribution < -0.4 is 20.1 Å². The van der Waals surface area contributed by atoms with E-state index in [2.05, 4.69) is 20.8 Å². The number of thioether (sulfide) groups is 1. The van der Waals surface area contributed by atoms with Crippen molar-refractivity contribution in [3.63, 3.8) is 0 Å². The Bertz CT molecular complexity index is 1200. The third-order valence-corrected chi connectivity index (χ3v) is 6.42. The highest BCUT2D eigenvalue weighted by Gasteiger charge is 2.16. The van der Waals surface area contributed by atoms with Crippen molar-refractivity contribution in [2.24, 2.45) is 7.05 Å². The van der Waals surface area contributed by atoms with Crippen molar-refractivity contribution in [1.29, 1.82) is 0 Å². The van der Waals surface area contributed by atoms with Crippen LogP contribution in [0.3, 0.4) is 0 Å². The van der Waals surface area contributed by atoms with Gasteiger partial charge in [0, 0.05) is 17.6 Å². The number of methoxy groups -OCH3 is 2. The van der Waals surface area contributed by atoms with E-state index in [1.807, 2.05) is 0 Å². The molecule has 3 aromatic rings. The molecule has 0 atom stereocenters. The van der Waals surface area contributed by atoms with Gasteiger partial charge in [0.2, 0.25) is 5.91 Å². The van der Waals surface area contributed by atoms with Gasteiger partial charge in [-0.1, -0.05) is 46.6 Å². The number of hydrogen-bond donors (Lipinski definition) is 2. The molecule has 0 aliphatic carbocycles. The summed E-state index contributed by atoms with van der Waals surface area (Å²) in [5, 5.41) is 15.0. The normalized spacial score (nSPS) is 10.6. The van der Waals surface area contributed by atoms with E-state index in [9.17, 15) is 9.59 Å². The molecule has 0 bridgehead atoms. The molecule has 0 fully saturated rings. The molecule has 2 N–H and O–H groups in total. The van der Waals surface area contributed by atoms with Gasteiger partial charge in [-0.05, 0) is 30.3 Å². The summed E-state index contributed by atoms with van der Waals surface area (Å²) < 4.78 is 12.1. The van der Waals surface area contributed by atoms with Crippen molar-refractivity contribution in [2.75, 3.05) is 25.3 Å². The minimum absolute atomic E-state index is 0.0409. The molecule has 9 nitrogen and oxygen atoms in total. The van der Waals surface area contributed by atoms with E-state index >= 15 is 0 Å². The van der Waals surface area contributed by atoms with Gasteiger partial charge in [0.25, 0.3) is 5.91 Å². The highest BCUT2D eigenvalue weighted by Crippen LogP contribution is 2.34. The molecule has 2 amide bonds. The Balaban J connectivity index is 1.57. The number of nitrogens with one attached hydrogen (secondary N) is 2. The van der Waals surface area contributed by atoms with Gasteiger partial charge in [-0.2, -0.15) is 0 Å². The summed E-state index contributed by atoms with van der Waals surface area (Å²) in [4.78, 5) is 24.9. The molecule has 1 aromatic heterocycles. The number of carbonyl (C=O) groups is 2. The highest BCUT2D eigenvalue weighted by atomic mass is 35.5. The largest absolute Gasteiger partial charge is 0.493 e. The maximum absolute atomic E-state index is 12.5. The van der Waals surface area contributed by atoms with Crippen LogP contribution in [0.15, 0.2) is 35.5 Å². The van der Waals surface area contributed by atoms with Gasteiger partial charge in [0.05, 0.1) is 42.2 Å². The van der Waals surface area contributed by atoms with Crippen molar-refractivity contribution < 1.29 is 19.1 Å². The van der Waals surface area contributed by atoms with E-state index in [4.69, 9.17) is 44.3 Å². The van der Waals surface area contributed by atoms with Gasteiger partial charge >= 0.3 is 0 Å². The molecule has 0 saturated carbocycles. The molecule has 1 heterocycles. The zero-order chi connectivity index (χ0) is 24.8. The average molecular weight is 545 g/mol. The molecule has 13 heteroatoms. The number of amides is 2. The van der Waals surface area contributed by atoms with Crippen LogP contribution in [-0.4, -0.2) is 46.6 Å². The van der Waals surface area contributed by atoms with E-state index < -0.39 is 0 Å². The summed E-state index contributed by atoms with van der Waals surface area (Å²) in [7, 11) is 4.76. The van der Waals surface area contributed by atoms with Crippen LogP contribution in [0.2, 0.25) is 15.1 Å². The number of aromatic nitrogens is 3. The van der Waals surface area contributed by atoms with E-state index in [1.54, 1.807) is 29.8 Å². The molecule has 3 rings (SSSR count). The summed E-state index contributed by atoms with van der Waals surface area (Å²) in [6.07, 6.45) is 0. The van der Waals surface area contributed by atoms with Crippen molar-refractivity contribution >= 4 is 64.1 Å². The molecule has 0 spiro atoms. The Morgan fingerprint density at radius 1 is 1.03 bits per heavy atom. The third kappa shape index (κ3) is 6.26. The molecular formula is C21H20Cl3N5O4S. The van der Waals surface area contributed by atoms with Gasteiger partial charge in [0.1, 0.15) is 0 Å². The summed E-state index contributed by atoms with van der Waals surface area (Å²) in [6.45, 7) is 0.138. The second-order valence-corrected chi connectivity index (χ2v) is 8.98. The van der Waals surface area contributed by atoms with Crippen LogP contribution in [0, 0.1) is 0 Å². The molecule has 0 aliphatic heterocycles. The number of rotatable bonds is 9. The van der Waals surface area contributed by atoms with E-state index in [0.29, 0.717) is 33.1 Å². The Hall–Kier alpha value is -2.66. The second kappa shape index (κ2) is 11.7. The fourth-order valence-corrected chi connectivity index (χ4v) is 4.47. The fourth-order valence-electron chi connectivity index (χ4n) is 2.83. The second-order valence-electron chi connectivity index (χ2n) is 6.79. The zero-order valence-corrected chi connectivity index (χ0v) is 21.4. The van der Waals surface area contributed by atoms with E-state index in [1.165, 1.54) is 38.1 Å². The fraction of sp³-hybridized carbons (Fsp3) is 0.238. The standard InChI is InChI=1S/C21H20Cl3N5O4S/c1-29-17(9-25-20(31)11-4-5-15(32-2)16(6-11)33-3)27-28-21(29)34-10-18(30)26-19-13(23)7-12(22)8-14(19)24/h4-8H,9-10H2,1-3H3,(H,25,31)(H,26,30). The van der Waals surface area contributed by atoms with Crippen LogP contribution in [0.4, 0.5) is 5.69 Å². The molecule has 0 saturated heterocycles. The molecule has 0 aliphatic rings. The quantitative estimate of drug-likeness (QED) is 0.383. The smallest absolute Gasteiger partial charge is 0.251 e. The van der Waals surface area contributed by atoms with Crippen LogP contribution in [-0.2, 0) is 18.4 Å². The lowest BCUT2D eigenvalue weighted by molar-refractivity contribution is -0.113. The Labute approximate surface area is 215 Å². The first kappa shape index (κ1) is 26.0. The predicted molar refractivity (Wildman–Crippen MR) is 133 cm³/mol. The summed E-state index contributed by atoms with van der Waals surface area (Å²) in [5.41, 5.74) is 0.695. The zero-order valence-electron chi connectivity index (χ0n) is 18.3. The van der Waals surface area contributed by atoms with E-state index in [-0.39, 0.29) is 39.8 Å². The molecule has 0 unspecified atom stereocenters. The van der Waals surface area contributed by atoms with Gasteiger partial charge < -0.3 is 24.7 Å². The lowest BCUT2D eigenvalue weighted by Crippen LogP contribution is -2.24. The van der Waals surface area contributed by atoms with Crippen LogP contribution in [0.25, 0.3) is 0 Å². The molecule has 2 aromatic carbocycles. The summed E-state index contributed by atoms with van der Waals surface area (Å²) >= 11 is 19.3. The lowest BCUT2D eigenvalue weighted by Gasteiger charge is -2.10. The van der Waals surface area contributed by atoms with Gasteiger partial charge in [0.15, 0.2) is 22.5 Å². The average Bonchev–Trinajstić information content (AvgIpc) is 3.17. The summed E-state index contributed by atoms with van der Waals surface area (Å²) in [5.74, 6) is 0.891. The van der Waals surface area contributed by atoms with Gasteiger partial charge in [-0.15, -0.1) is 10.2 Å². The number of carbonyl (C=O) groups excluding carboxylic acids is 2. The summed E-state index contributed by atoms with van der Waals surface area (Å²) in [6, 6.07) is 7.85. The molecular weight excluding hydrogens is 525 g/mol. The number of hydrogen-bond acceptors (Lipinski definition) is 7. The van der Waals surface area contributed by atoms with Crippen molar-refractivity contribution in [2.45, 2.75) is 11.7 Å². The topological polar surface area (TPSA) is 107 Å². The minimum Gasteiger partial charge on any atom is -0.493 e. The number of ether oxygens (including phenoxy) is 2. The number of halogens is 3. The van der Waals surface area contributed by atoms with Crippen LogP contribution in [0.1, 0.15) is 16.2 Å². The first-order valence-corrected chi connectivity index (χ1v) is 11.8. The van der Waals surface area contributed by atoms with Crippen molar-refractivity contribution in [3.8, 4) is 11.5 Å². The molecule has 34 heavy (non-hydrogen) atoms. The Morgan fingerprint density at radius 2 is 1.71 bits per heavy atom.